The molecule has 0 bridgehead atoms. The second kappa shape index (κ2) is 7.77. The van der Waals surface area contributed by atoms with Gasteiger partial charge in [-0.2, -0.15) is 0 Å². The average molecular weight is 508 g/mol. The molecule has 9 N–H and O–H groups in total. The first kappa shape index (κ1) is 24.9. The summed E-state index contributed by atoms with van der Waals surface area (Å²) in [5.74, 6) is -0.311. The Hall–Kier alpha value is -0.112. The Labute approximate surface area is 129 Å². The predicted molar refractivity (Wildman–Crippen MR) is 59.2 cm³/mol. The van der Waals surface area contributed by atoms with Crippen molar-refractivity contribution in [1.82, 2.24) is 12.3 Å². The Morgan fingerprint density at radius 1 is 0.950 bits per heavy atom. The van der Waals surface area contributed by atoms with Gasteiger partial charge in [0.1, 0.15) is 5.75 Å². The molecule has 10 nitrogen and oxygen atoms in total. The van der Waals surface area contributed by atoms with Crippen LogP contribution in [0.3, 0.4) is 0 Å². The second-order valence-electron chi connectivity index (χ2n) is 3.27. The van der Waals surface area contributed by atoms with Crippen molar-refractivity contribution in [1.29, 1.82) is 0 Å². The molecule has 0 spiro atoms. The minimum Gasteiger partial charge on any atom is -0.809 e. The standard InChI is InChI=1S/C7H11NO7P2.2H3N.Pt/c8-7(16(10,11)12,17(13,14)15)5-1-3-6(9)4-2-5;;;/h1-4,9H,8H2,(H2,10,11,12)(H2,13,14,15);2*1H3;/q;;;+4/p-4. The minimum absolute atomic E-state index is 0. The van der Waals surface area contributed by atoms with Gasteiger partial charge in [0, 0.05) is 0 Å². The van der Waals surface area contributed by atoms with Crippen LogP contribution in [0, 0.1) is 0 Å². The van der Waals surface area contributed by atoms with Crippen molar-refractivity contribution in [3.05, 3.63) is 29.8 Å². The molecule has 0 unspecified atom stereocenters. The molecule has 0 aromatic heterocycles. The molecule has 1 aromatic rings. The predicted octanol–water partition coefficient (Wildman–Crippen LogP) is -2.39. The van der Waals surface area contributed by atoms with Gasteiger partial charge in [0.15, 0.2) is 0 Å². The van der Waals surface area contributed by atoms with Crippen molar-refractivity contribution >= 4 is 15.2 Å². The van der Waals surface area contributed by atoms with Crippen LogP contribution in [0.25, 0.3) is 0 Å². The maximum Gasteiger partial charge on any atom is 4.00 e. The number of hydrogen-bond donors (Lipinski definition) is 4. The molecule has 13 heteroatoms. The Morgan fingerprint density at radius 2 is 1.25 bits per heavy atom. The van der Waals surface area contributed by atoms with Gasteiger partial charge >= 0.3 is 21.1 Å². The Bertz CT molecular complexity index is 492. The third-order valence-corrected chi connectivity index (χ3v) is 5.78. The molecule has 1 rings (SSSR count). The van der Waals surface area contributed by atoms with E-state index in [0.29, 0.717) is 0 Å². The summed E-state index contributed by atoms with van der Waals surface area (Å²) in [7, 11) is -11.9. The molecular formula is C7H13N3O7P2Pt. The summed E-state index contributed by atoms with van der Waals surface area (Å²) in [4.78, 5) is 43.6. The summed E-state index contributed by atoms with van der Waals surface area (Å²) in [6.07, 6.45) is 0. The second-order valence-corrected chi connectivity index (χ2v) is 7.02. The summed E-state index contributed by atoms with van der Waals surface area (Å²) in [6.45, 7) is 0. The zero-order chi connectivity index (χ0) is 13.5. The van der Waals surface area contributed by atoms with Crippen LogP contribution in [-0.4, -0.2) is 5.11 Å². The number of phenolic OH excluding ortho intramolecular Hbond substituents is 1. The fraction of sp³-hybridized carbons (Fsp3) is 0.143. The van der Waals surface area contributed by atoms with Gasteiger partial charge < -0.3 is 51.8 Å². The molecule has 0 radical (unpaired) electrons. The van der Waals surface area contributed by atoms with Crippen LogP contribution in [0.4, 0.5) is 0 Å². The zero-order valence-electron chi connectivity index (χ0n) is 9.91. The summed E-state index contributed by atoms with van der Waals surface area (Å²) in [5, 5.41) is 5.37. The molecule has 0 heterocycles. The summed E-state index contributed by atoms with van der Waals surface area (Å²) in [6, 6.07) is 3.37. The van der Waals surface area contributed by atoms with Gasteiger partial charge in [-0.25, -0.2) is 0 Å². The summed E-state index contributed by atoms with van der Waals surface area (Å²) in [5.41, 5.74) is 4.25. The molecule has 0 aliphatic heterocycles. The van der Waals surface area contributed by atoms with Gasteiger partial charge in [-0.15, -0.1) is 0 Å². The van der Waals surface area contributed by atoms with E-state index >= 15 is 0 Å². The maximum absolute atomic E-state index is 10.9. The van der Waals surface area contributed by atoms with Gasteiger partial charge in [0.05, 0.1) is 5.02 Å². The van der Waals surface area contributed by atoms with Gasteiger partial charge in [0.2, 0.25) is 0 Å². The fourth-order valence-electron chi connectivity index (χ4n) is 1.17. The number of hydrogen-bond acceptors (Lipinski definition) is 10. The van der Waals surface area contributed by atoms with Crippen molar-refractivity contribution in [2.45, 2.75) is 5.02 Å². The fourth-order valence-corrected chi connectivity index (χ4v) is 3.30. The normalized spacial score (nSPS) is 11.7. The van der Waals surface area contributed by atoms with Crippen LogP contribution in [0.5, 0.6) is 5.75 Å². The number of phenols is 1. The van der Waals surface area contributed by atoms with Crippen LogP contribution >= 0.6 is 15.2 Å². The van der Waals surface area contributed by atoms with E-state index in [1.54, 1.807) is 0 Å². The van der Waals surface area contributed by atoms with Crippen LogP contribution in [0.1, 0.15) is 5.56 Å². The van der Waals surface area contributed by atoms with Crippen molar-refractivity contribution in [2.24, 2.45) is 5.73 Å². The number of rotatable bonds is 3. The Morgan fingerprint density at radius 3 is 1.50 bits per heavy atom. The molecular weight excluding hydrogens is 495 g/mol. The first-order chi connectivity index (χ1) is 7.50. The SMILES string of the molecule is N.N.NC(c1ccc(O)cc1)(P(=O)([O-])[O-])P(=O)([O-])[O-].[Pt+4]. The molecule has 0 atom stereocenters. The van der Waals surface area contributed by atoms with E-state index in [1.807, 2.05) is 0 Å². The van der Waals surface area contributed by atoms with E-state index in [9.17, 15) is 28.7 Å². The van der Waals surface area contributed by atoms with E-state index < -0.39 is 25.8 Å². The van der Waals surface area contributed by atoms with E-state index in [4.69, 9.17) is 10.8 Å². The first-order valence-electron chi connectivity index (χ1n) is 4.13. The summed E-state index contributed by atoms with van der Waals surface area (Å²) >= 11 is 0. The largest absolute Gasteiger partial charge is 4.00 e. The van der Waals surface area contributed by atoms with E-state index in [0.717, 1.165) is 24.3 Å². The van der Waals surface area contributed by atoms with Crippen molar-refractivity contribution in [3.8, 4) is 5.75 Å². The Balaban J connectivity index is -0.000000963. The van der Waals surface area contributed by atoms with Gasteiger partial charge in [-0.05, 0) is 32.9 Å². The Kier molecular flexibility index (Phi) is 9.67. The van der Waals surface area contributed by atoms with E-state index in [1.165, 1.54) is 0 Å². The smallest absolute Gasteiger partial charge is 0.809 e. The molecule has 0 fully saturated rings. The number of benzene rings is 1. The average Bonchev–Trinajstić information content (AvgIpc) is 2.14. The van der Waals surface area contributed by atoms with Gasteiger partial charge in [-0.3, -0.25) is 0 Å². The van der Waals surface area contributed by atoms with E-state index in [-0.39, 0.29) is 39.1 Å². The van der Waals surface area contributed by atoms with Crippen LogP contribution < -0.4 is 37.6 Å². The van der Waals surface area contributed by atoms with Crippen LogP contribution in [0.2, 0.25) is 0 Å². The molecule has 0 saturated carbocycles. The molecule has 0 saturated heterocycles. The molecule has 0 aliphatic carbocycles. The van der Waals surface area contributed by atoms with Crippen molar-refractivity contribution in [3.63, 3.8) is 0 Å². The van der Waals surface area contributed by atoms with Crippen LogP contribution in [-0.2, 0) is 35.2 Å². The molecule has 20 heavy (non-hydrogen) atoms. The summed E-state index contributed by atoms with van der Waals surface area (Å²) < 4.78 is 21.8. The van der Waals surface area contributed by atoms with Crippen molar-refractivity contribution in [2.75, 3.05) is 0 Å². The number of aromatic hydroxyl groups is 1. The van der Waals surface area contributed by atoms with Gasteiger partial charge in [0.25, 0.3) is 0 Å². The topological polar surface area (TPSA) is 243 Å². The van der Waals surface area contributed by atoms with Crippen molar-refractivity contribution < 1.29 is 54.9 Å². The third kappa shape index (κ3) is 4.44. The monoisotopic (exact) mass is 508 g/mol. The third-order valence-electron chi connectivity index (χ3n) is 2.13. The first-order valence-corrected chi connectivity index (χ1v) is 7.21. The van der Waals surface area contributed by atoms with Crippen LogP contribution in [0.15, 0.2) is 24.3 Å². The molecule has 0 amide bonds. The zero-order valence-corrected chi connectivity index (χ0v) is 14.0. The van der Waals surface area contributed by atoms with Gasteiger partial charge in [-0.1, -0.05) is 12.1 Å². The van der Waals surface area contributed by atoms with E-state index in [2.05, 4.69) is 0 Å². The molecule has 118 valence electrons. The minimum atomic E-state index is -5.94. The maximum atomic E-state index is 10.9. The molecule has 1 aromatic carbocycles. The number of nitrogens with two attached hydrogens (primary N) is 1. The quantitative estimate of drug-likeness (QED) is 0.316. The molecule has 0 aliphatic rings.